The van der Waals surface area contributed by atoms with Crippen LogP contribution < -0.4 is 10.5 Å². The summed E-state index contributed by atoms with van der Waals surface area (Å²) in [7, 11) is -3.80. The van der Waals surface area contributed by atoms with Crippen LogP contribution >= 0.6 is 0 Å². The van der Waals surface area contributed by atoms with Crippen LogP contribution in [0.25, 0.3) is 0 Å². The zero-order valence-corrected chi connectivity index (χ0v) is 15.5. The number of nitrogens with two attached hydrogens (primary N) is 1. The zero-order chi connectivity index (χ0) is 19.5. The predicted octanol–water partition coefficient (Wildman–Crippen LogP) is 2.13. The Hall–Kier alpha value is -2.71. The first-order valence-electron chi connectivity index (χ1n) is 7.80. The highest BCUT2D eigenvalue weighted by atomic mass is 32.2. The molecule has 1 unspecified atom stereocenters. The highest BCUT2D eigenvalue weighted by molar-refractivity contribution is 7.89. The van der Waals surface area contributed by atoms with Gasteiger partial charge in [0.05, 0.1) is 10.5 Å². The van der Waals surface area contributed by atoms with Crippen molar-refractivity contribution in [2.45, 2.75) is 31.8 Å². The van der Waals surface area contributed by atoms with Crippen molar-refractivity contribution in [1.82, 2.24) is 0 Å². The minimum atomic E-state index is -3.80. The van der Waals surface area contributed by atoms with E-state index in [-0.39, 0.29) is 4.90 Å². The molecule has 0 aromatic heterocycles. The molecule has 2 aromatic rings. The third-order valence-electron chi connectivity index (χ3n) is 3.72. The molecular weight excluding hydrogens is 356 g/mol. The molecule has 0 radical (unpaired) electrons. The number of primary sulfonamides is 1. The third-order valence-corrected chi connectivity index (χ3v) is 4.65. The SMILES string of the molecule is Cc1ccc(C)c(C(=O)OC(C)C(=O)Nc2ccc(S(N)(=O)=O)cc2)c1. The van der Waals surface area contributed by atoms with E-state index < -0.39 is 28.0 Å². The van der Waals surface area contributed by atoms with Crippen molar-refractivity contribution < 1.29 is 22.7 Å². The van der Waals surface area contributed by atoms with E-state index in [0.29, 0.717) is 11.3 Å². The molecule has 0 heterocycles. The summed E-state index contributed by atoms with van der Waals surface area (Å²) >= 11 is 0. The van der Waals surface area contributed by atoms with Gasteiger partial charge in [-0.1, -0.05) is 17.7 Å². The van der Waals surface area contributed by atoms with Crippen LogP contribution in [0.2, 0.25) is 0 Å². The van der Waals surface area contributed by atoms with Crippen LogP contribution in [0.4, 0.5) is 5.69 Å². The Labute approximate surface area is 152 Å². The second-order valence-electron chi connectivity index (χ2n) is 5.92. The molecule has 3 N–H and O–H groups in total. The molecule has 26 heavy (non-hydrogen) atoms. The number of anilines is 1. The molecule has 0 saturated heterocycles. The average molecular weight is 376 g/mol. The smallest absolute Gasteiger partial charge is 0.339 e. The lowest BCUT2D eigenvalue weighted by molar-refractivity contribution is -0.123. The maximum absolute atomic E-state index is 12.3. The molecule has 2 rings (SSSR count). The van der Waals surface area contributed by atoms with Gasteiger partial charge in [0.2, 0.25) is 10.0 Å². The Bertz CT molecular complexity index is 937. The summed E-state index contributed by atoms with van der Waals surface area (Å²) in [4.78, 5) is 24.4. The summed E-state index contributed by atoms with van der Waals surface area (Å²) in [5.41, 5.74) is 2.43. The topological polar surface area (TPSA) is 116 Å². The summed E-state index contributed by atoms with van der Waals surface area (Å²) in [5.74, 6) is -1.12. The second kappa shape index (κ2) is 7.67. The molecule has 2 aromatic carbocycles. The van der Waals surface area contributed by atoms with E-state index in [4.69, 9.17) is 9.88 Å². The van der Waals surface area contributed by atoms with Gasteiger partial charge in [-0.15, -0.1) is 0 Å². The molecule has 0 aliphatic carbocycles. The number of aryl methyl sites for hydroxylation is 2. The van der Waals surface area contributed by atoms with Gasteiger partial charge < -0.3 is 10.1 Å². The number of nitrogens with one attached hydrogen (secondary N) is 1. The van der Waals surface area contributed by atoms with E-state index in [1.54, 1.807) is 13.0 Å². The van der Waals surface area contributed by atoms with Crippen LogP contribution in [-0.2, 0) is 19.6 Å². The number of carbonyl (C=O) groups is 2. The van der Waals surface area contributed by atoms with Crippen molar-refractivity contribution in [2.24, 2.45) is 5.14 Å². The zero-order valence-electron chi connectivity index (χ0n) is 14.6. The Morgan fingerprint density at radius 1 is 1.08 bits per heavy atom. The van der Waals surface area contributed by atoms with Crippen LogP contribution in [0.1, 0.15) is 28.4 Å². The van der Waals surface area contributed by atoms with Gasteiger partial charge in [-0.25, -0.2) is 18.4 Å². The van der Waals surface area contributed by atoms with Crippen molar-refractivity contribution in [3.05, 3.63) is 59.2 Å². The number of hydrogen-bond acceptors (Lipinski definition) is 5. The number of rotatable bonds is 5. The van der Waals surface area contributed by atoms with Crippen molar-refractivity contribution in [1.29, 1.82) is 0 Å². The lowest BCUT2D eigenvalue weighted by atomic mass is 10.1. The third kappa shape index (κ3) is 4.90. The van der Waals surface area contributed by atoms with Gasteiger partial charge in [0.1, 0.15) is 0 Å². The van der Waals surface area contributed by atoms with Gasteiger partial charge in [0.15, 0.2) is 6.10 Å². The van der Waals surface area contributed by atoms with Crippen LogP contribution in [-0.4, -0.2) is 26.4 Å². The molecular formula is C18H20N2O5S. The molecule has 0 fully saturated rings. The number of amides is 1. The monoisotopic (exact) mass is 376 g/mol. The van der Waals surface area contributed by atoms with Gasteiger partial charge in [0, 0.05) is 5.69 Å². The number of ether oxygens (including phenoxy) is 1. The Morgan fingerprint density at radius 3 is 2.27 bits per heavy atom. The number of esters is 1. The largest absolute Gasteiger partial charge is 0.449 e. The van der Waals surface area contributed by atoms with Crippen molar-refractivity contribution in [3.63, 3.8) is 0 Å². The molecule has 0 aliphatic rings. The van der Waals surface area contributed by atoms with Gasteiger partial charge in [-0.2, -0.15) is 0 Å². The number of hydrogen-bond donors (Lipinski definition) is 2. The van der Waals surface area contributed by atoms with Gasteiger partial charge in [-0.3, -0.25) is 4.79 Å². The molecule has 0 spiro atoms. The minimum absolute atomic E-state index is 0.0649. The normalized spacial score (nSPS) is 12.3. The van der Waals surface area contributed by atoms with E-state index in [9.17, 15) is 18.0 Å². The molecule has 1 amide bonds. The first-order chi connectivity index (χ1) is 12.1. The highest BCUT2D eigenvalue weighted by Crippen LogP contribution is 2.15. The van der Waals surface area contributed by atoms with Gasteiger partial charge in [-0.05, 0) is 56.7 Å². The van der Waals surface area contributed by atoms with Crippen LogP contribution in [0.15, 0.2) is 47.4 Å². The molecule has 1 atom stereocenters. The maximum Gasteiger partial charge on any atom is 0.339 e. The average Bonchev–Trinajstić information content (AvgIpc) is 2.56. The lowest BCUT2D eigenvalue weighted by Gasteiger charge is -2.15. The highest BCUT2D eigenvalue weighted by Gasteiger charge is 2.20. The standard InChI is InChI=1S/C18H20N2O5S/c1-11-4-5-12(2)16(10-11)18(22)25-13(3)17(21)20-14-6-8-15(9-7-14)26(19,23)24/h4-10,13H,1-3H3,(H,20,21)(H2,19,23,24). The Kier molecular flexibility index (Phi) is 5.79. The Balaban J connectivity index is 2.03. The fourth-order valence-corrected chi connectivity index (χ4v) is 2.72. The van der Waals surface area contributed by atoms with E-state index >= 15 is 0 Å². The van der Waals surface area contributed by atoms with E-state index in [1.165, 1.54) is 31.2 Å². The quantitative estimate of drug-likeness (QED) is 0.776. The summed E-state index contributed by atoms with van der Waals surface area (Å²) < 4.78 is 27.6. The van der Waals surface area contributed by atoms with Gasteiger partial charge >= 0.3 is 5.97 Å². The van der Waals surface area contributed by atoms with Crippen LogP contribution in [0, 0.1) is 13.8 Å². The molecule has 0 saturated carbocycles. The Morgan fingerprint density at radius 2 is 1.69 bits per heavy atom. The number of carbonyl (C=O) groups excluding carboxylic acids is 2. The fourth-order valence-electron chi connectivity index (χ4n) is 2.21. The molecule has 138 valence electrons. The summed E-state index contributed by atoms with van der Waals surface area (Å²) in [6.45, 7) is 5.10. The number of benzene rings is 2. The first-order valence-corrected chi connectivity index (χ1v) is 9.34. The van der Waals surface area contributed by atoms with Crippen LogP contribution in [0.3, 0.4) is 0 Å². The maximum atomic E-state index is 12.3. The van der Waals surface area contributed by atoms with E-state index in [2.05, 4.69) is 5.32 Å². The molecule has 8 heteroatoms. The first kappa shape index (κ1) is 19.6. The molecule has 0 aliphatic heterocycles. The van der Waals surface area contributed by atoms with Gasteiger partial charge in [0.25, 0.3) is 5.91 Å². The van der Waals surface area contributed by atoms with E-state index in [0.717, 1.165) is 11.1 Å². The second-order valence-corrected chi connectivity index (χ2v) is 7.49. The predicted molar refractivity (Wildman–Crippen MR) is 97.2 cm³/mol. The summed E-state index contributed by atoms with van der Waals surface area (Å²) in [5, 5.41) is 7.57. The van der Waals surface area contributed by atoms with E-state index in [1.807, 2.05) is 19.1 Å². The number of sulfonamides is 1. The van der Waals surface area contributed by atoms with Crippen molar-refractivity contribution >= 4 is 27.6 Å². The fraction of sp³-hybridized carbons (Fsp3) is 0.222. The lowest BCUT2D eigenvalue weighted by Crippen LogP contribution is -2.30. The molecule has 7 nitrogen and oxygen atoms in total. The molecule has 0 bridgehead atoms. The summed E-state index contributed by atoms with van der Waals surface area (Å²) in [6.07, 6.45) is -1.03. The minimum Gasteiger partial charge on any atom is -0.449 e. The van der Waals surface area contributed by atoms with Crippen LogP contribution in [0.5, 0.6) is 0 Å². The van der Waals surface area contributed by atoms with Crippen molar-refractivity contribution in [3.8, 4) is 0 Å². The van der Waals surface area contributed by atoms with Crippen molar-refractivity contribution in [2.75, 3.05) is 5.32 Å². The summed E-state index contributed by atoms with van der Waals surface area (Å²) in [6, 6.07) is 10.7.